The number of fused-ring (bicyclic) bond motifs is 1. The van der Waals surface area contributed by atoms with Gasteiger partial charge >= 0.3 is 5.97 Å². The van der Waals surface area contributed by atoms with Crippen LogP contribution in [0.25, 0.3) is 10.2 Å². The van der Waals surface area contributed by atoms with Crippen LogP contribution in [0, 0.1) is 12.7 Å². The second-order valence-corrected chi connectivity index (χ2v) is 6.53. The van der Waals surface area contributed by atoms with Crippen LogP contribution < -0.4 is 5.32 Å². The summed E-state index contributed by atoms with van der Waals surface area (Å²) in [7, 11) is 0. The molecule has 0 saturated carbocycles. The van der Waals surface area contributed by atoms with E-state index in [9.17, 15) is 14.0 Å². The summed E-state index contributed by atoms with van der Waals surface area (Å²) in [4.78, 5) is 27.9. The number of aromatic nitrogens is 1. The Morgan fingerprint density at radius 3 is 2.72 bits per heavy atom. The standard InChI is InChI=1S/C18H15FN2O3S/c1-11-2-7-14-15(8-11)25-18(20-14)21-16(22)10-24-17(23)9-12-3-5-13(19)6-4-12/h2-8H,9-10H2,1H3,(H,20,21,22). The maximum atomic E-state index is 12.8. The van der Waals surface area contributed by atoms with E-state index in [-0.39, 0.29) is 12.2 Å². The fraction of sp³-hybridized carbons (Fsp3) is 0.167. The van der Waals surface area contributed by atoms with Crippen molar-refractivity contribution in [1.82, 2.24) is 4.98 Å². The van der Waals surface area contributed by atoms with Gasteiger partial charge in [0, 0.05) is 0 Å². The van der Waals surface area contributed by atoms with Crippen molar-refractivity contribution in [1.29, 1.82) is 0 Å². The van der Waals surface area contributed by atoms with Gasteiger partial charge in [-0.2, -0.15) is 0 Å². The van der Waals surface area contributed by atoms with E-state index in [4.69, 9.17) is 4.74 Å². The van der Waals surface area contributed by atoms with E-state index in [1.807, 2.05) is 25.1 Å². The fourth-order valence-corrected chi connectivity index (χ4v) is 3.19. The van der Waals surface area contributed by atoms with Gasteiger partial charge in [0.1, 0.15) is 5.82 Å². The molecule has 0 atom stereocenters. The summed E-state index contributed by atoms with van der Waals surface area (Å²) >= 11 is 1.36. The first-order valence-corrected chi connectivity index (χ1v) is 8.38. The molecule has 0 aliphatic heterocycles. The quantitative estimate of drug-likeness (QED) is 0.709. The van der Waals surface area contributed by atoms with Crippen LogP contribution in [-0.4, -0.2) is 23.5 Å². The van der Waals surface area contributed by atoms with E-state index in [1.165, 1.54) is 35.6 Å². The topological polar surface area (TPSA) is 68.3 Å². The van der Waals surface area contributed by atoms with Crippen molar-refractivity contribution in [2.75, 3.05) is 11.9 Å². The highest BCUT2D eigenvalue weighted by atomic mass is 32.1. The first-order chi connectivity index (χ1) is 12.0. The highest BCUT2D eigenvalue weighted by Crippen LogP contribution is 2.26. The smallest absolute Gasteiger partial charge is 0.310 e. The number of amides is 1. The average molecular weight is 358 g/mol. The Balaban J connectivity index is 1.51. The van der Waals surface area contributed by atoms with E-state index >= 15 is 0 Å². The fourth-order valence-electron chi connectivity index (χ4n) is 2.21. The third kappa shape index (κ3) is 4.60. The van der Waals surface area contributed by atoms with Crippen molar-refractivity contribution < 1.29 is 18.7 Å². The number of carbonyl (C=O) groups is 2. The van der Waals surface area contributed by atoms with Crippen LogP contribution in [0.15, 0.2) is 42.5 Å². The number of benzene rings is 2. The lowest BCUT2D eigenvalue weighted by Crippen LogP contribution is -2.21. The lowest BCUT2D eigenvalue weighted by Gasteiger charge is -2.04. The van der Waals surface area contributed by atoms with E-state index in [2.05, 4.69) is 10.3 Å². The average Bonchev–Trinajstić information content (AvgIpc) is 2.96. The third-order valence-electron chi connectivity index (χ3n) is 3.42. The number of hydrogen-bond acceptors (Lipinski definition) is 5. The van der Waals surface area contributed by atoms with Crippen molar-refractivity contribution in [3.05, 3.63) is 59.4 Å². The zero-order valence-corrected chi connectivity index (χ0v) is 14.2. The van der Waals surface area contributed by atoms with E-state index in [1.54, 1.807) is 0 Å². The van der Waals surface area contributed by atoms with Gasteiger partial charge in [0.15, 0.2) is 11.7 Å². The van der Waals surface area contributed by atoms with Crippen LogP contribution in [-0.2, 0) is 20.7 Å². The molecule has 2 aromatic carbocycles. The van der Waals surface area contributed by atoms with Gasteiger partial charge in [-0.1, -0.05) is 29.5 Å². The van der Waals surface area contributed by atoms with Crippen molar-refractivity contribution in [3.63, 3.8) is 0 Å². The first-order valence-electron chi connectivity index (χ1n) is 7.57. The number of ether oxygens (including phenoxy) is 1. The predicted molar refractivity (Wildman–Crippen MR) is 94.0 cm³/mol. The molecule has 0 spiro atoms. The Labute approximate surface area is 147 Å². The number of nitrogens with one attached hydrogen (secondary N) is 1. The van der Waals surface area contributed by atoms with Gasteiger partial charge in [-0.15, -0.1) is 0 Å². The molecule has 3 rings (SSSR count). The number of esters is 1. The Morgan fingerprint density at radius 1 is 1.20 bits per heavy atom. The zero-order valence-electron chi connectivity index (χ0n) is 13.4. The molecule has 25 heavy (non-hydrogen) atoms. The number of halogens is 1. The molecule has 1 aromatic heterocycles. The van der Waals surface area contributed by atoms with Crippen molar-refractivity contribution in [2.45, 2.75) is 13.3 Å². The van der Waals surface area contributed by atoms with Gasteiger partial charge in [0.25, 0.3) is 5.91 Å². The minimum absolute atomic E-state index is 0.0199. The van der Waals surface area contributed by atoms with Gasteiger partial charge in [0.05, 0.1) is 16.6 Å². The minimum atomic E-state index is -0.554. The van der Waals surface area contributed by atoms with Crippen LogP contribution in [0.1, 0.15) is 11.1 Å². The molecule has 3 aromatic rings. The number of carbonyl (C=O) groups excluding carboxylic acids is 2. The molecule has 0 saturated heterocycles. The number of nitrogens with zero attached hydrogens (tertiary/aromatic N) is 1. The molecule has 1 heterocycles. The molecule has 5 nitrogen and oxygen atoms in total. The SMILES string of the molecule is Cc1ccc2nc(NC(=O)COC(=O)Cc3ccc(F)cc3)sc2c1. The maximum Gasteiger partial charge on any atom is 0.310 e. The molecule has 1 N–H and O–H groups in total. The van der Waals surface area contributed by atoms with Gasteiger partial charge in [-0.3, -0.25) is 14.9 Å². The lowest BCUT2D eigenvalue weighted by molar-refractivity contribution is -0.146. The highest BCUT2D eigenvalue weighted by Gasteiger charge is 2.11. The molecule has 0 aliphatic rings. The molecule has 0 unspecified atom stereocenters. The minimum Gasteiger partial charge on any atom is -0.455 e. The van der Waals surface area contributed by atoms with Crippen LogP contribution in [0.2, 0.25) is 0 Å². The van der Waals surface area contributed by atoms with Gasteiger partial charge in [-0.25, -0.2) is 9.37 Å². The largest absolute Gasteiger partial charge is 0.455 e. The van der Waals surface area contributed by atoms with Crippen LogP contribution in [0.3, 0.4) is 0 Å². The van der Waals surface area contributed by atoms with Gasteiger partial charge in [0.2, 0.25) is 0 Å². The molecule has 7 heteroatoms. The number of rotatable bonds is 5. The van der Waals surface area contributed by atoms with E-state index in [0.29, 0.717) is 10.7 Å². The summed E-state index contributed by atoms with van der Waals surface area (Å²) < 4.78 is 18.7. The van der Waals surface area contributed by atoms with Crippen molar-refractivity contribution in [3.8, 4) is 0 Å². The van der Waals surface area contributed by atoms with E-state index in [0.717, 1.165) is 15.8 Å². The molecule has 0 aliphatic carbocycles. The summed E-state index contributed by atoms with van der Waals surface area (Å²) in [5, 5.41) is 3.08. The van der Waals surface area contributed by atoms with E-state index < -0.39 is 18.5 Å². The van der Waals surface area contributed by atoms with Crippen LogP contribution >= 0.6 is 11.3 Å². The first kappa shape index (κ1) is 17.0. The monoisotopic (exact) mass is 358 g/mol. The maximum absolute atomic E-state index is 12.8. The Kier molecular flexibility index (Phi) is 5.04. The summed E-state index contributed by atoms with van der Waals surface area (Å²) in [5.41, 5.74) is 2.54. The zero-order chi connectivity index (χ0) is 17.8. The molecule has 0 fully saturated rings. The third-order valence-corrected chi connectivity index (χ3v) is 4.35. The summed E-state index contributed by atoms with van der Waals surface area (Å²) in [6, 6.07) is 11.4. The van der Waals surface area contributed by atoms with Crippen LogP contribution in [0.4, 0.5) is 9.52 Å². The number of thiazole rings is 1. The van der Waals surface area contributed by atoms with Gasteiger partial charge in [-0.05, 0) is 42.3 Å². The van der Waals surface area contributed by atoms with Crippen molar-refractivity contribution in [2.24, 2.45) is 0 Å². The second kappa shape index (κ2) is 7.40. The Morgan fingerprint density at radius 2 is 1.96 bits per heavy atom. The molecule has 0 radical (unpaired) electrons. The van der Waals surface area contributed by atoms with Crippen molar-refractivity contribution >= 4 is 38.6 Å². The number of aryl methyl sites for hydroxylation is 1. The predicted octanol–water partition coefficient (Wildman–Crippen LogP) is 3.47. The molecule has 128 valence electrons. The number of anilines is 1. The highest BCUT2D eigenvalue weighted by molar-refractivity contribution is 7.22. The molecular formula is C18H15FN2O3S. The molecule has 0 bridgehead atoms. The lowest BCUT2D eigenvalue weighted by atomic mass is 10.1. The van der Waals surface area contributed by atoms with Gasteiger partial charge < -0.3 is 4.74 Å². The summed E-state index contributed by atoms with van der Waals surface area (Å²) in [6.45, 7) is 1.59. The number of hydrogen-bond donors (Lipinski definition) is 1. The summed E-state index contributed by atoms with van der Waals surface area (Å²) in [6.07, 6.45) is -0.0199. The summed E-state index contributed by atoms with van der Waals surface area (Å²) in [5.74, 6) is -1.38. The van der Waals surface area contributed by atoms with Crippen LogP contribution in [0.5, 0.6) is 0 Å². The Hall–Kier alpha value is -2.80. The Bertz CT molecular complexity index is 922. The molecular weight excluding hydrogens is 343 g/mol. The normalized spacial score (nSPS) is 10.6. The molecule has 1 amide bonds. The second-order valence-electron chi connectivity index (χ2n) is 5.50.